The number of benzene rings is 1. The Morgan fingerprint density at radius 2 is 2.24 bits per heavy atom. The molecule has 2 N–H and O–H groups in total. The summed E-state index contributed by atoms with van der Waals surface area (Å²) in [6.45, 7) is 4.47. The molecule has 1 aliphatic rings. The fourth-order valence-electron chi connectivity index (χ4n) is 2.75. The Kier molecular flexibility index (Phi) is 3.50. The lowest BCUT2D eigenvalue weighted by Gasteiger charge is -2.39. The lowest BCUT2D eigenvalue weighted by Crippen LogP contribution is -2.42. The SMILES string of the molecule is CC(C)OC1(CN)CCCc2cc(F)ccc21. The smallest absolute Gasteiger partial charge is 0.123 e. The zero-order valence-corrected chi connectivity index (χ0v) is 10.5. The molecule has 0 fully saturated rings. The molecule has 1 aromatic carbocycles. The molecule has 1 aromatic rings. The fourth-order valence-corrected chi connectivity index (χ4v) is 2.75. The Morgan fingerprint density at radius 3 is 2.88 bits per heavy atom. The van der Waals surface area contributed by atoms with Gasteiger partial charge in [-0.3, -0.25) is 0 Å². The van der Waals surface area contributed by atoms with Gasteiger partial charge in [-0.1, -0.05) is 6.07 Å². The molecule has 0 saturated heterocycles. The maximum Gasteiger partial charge on any atom is 0.123 e. The van der Waals surface area contributed by atoms with E-state index >= 15 is 0 Å². The van der Waals surface area contributed by atoms with Crippen molar-refractivity contribution in [3.05, 3.63) is 35.1 Å². The van der Waals surface area contributed by atoms with Crippen LogP contribution in [-0.2, 0) is 16.8 Å². The molecule has 2 nitrogen and oxygen atoms in total. The second kappa shape index (κ2) is 4.75. The van der Waals surface area contributed by atoms with E-state index in [9.17, 15) is 4.39 Å². The van der Waals surface area contributed by atoms with E-state index in [4.69, 9.17) is 10.5 Å². The largest absolute Gasteiger partial charge is 0.366 e. The fraction of sp³-hybridized carbons (Fsp3) is 0.571. The molecular weight excluding hydrogens is 217 g/mol. The summed E-state index contributed by atoms with van der Waals surface area (Å²) in [7, 11) is 0. The van der Waals surface area contributed by atoms with Gasteiger partial charge in [0.15, 0.2) is 0 Å². The first-order valence-electron chi connectivity index (χ1n) is 6.24. The van der Waals surface area contributed by atoms with Crippen LogP contribution >= 0.6 is 0 Å². The van der Waals surface area contributed by atoms with Gasteiger partial charge in [-0.25, -0.2) is 4.39 Å². The second-order valence-corrected chi connectivity index (χ2v) is 5.02. The third kappa shape index (κ3) is 2.35. The standard InChI is InChI=1S/C14H20FNO/c1-10(2)17-14(9-16)7-3-4-11-8-12(15)5-6-13(11)14/h5-6,8,10H,3-4,7,9,16H2,1-2H3. The zero-order chi connectivity index (χ0) is 12.5. The van der Waals surface area contributed by atoms with Crippen molar-refractivity contribution in [3.8, 4) is 0 Å². The van der Waals surface area contributed by atoms with Gasteiger partial charge >= 0.3 is 0 Å². The van der Waals surface area contributed by atoms with E-state index in [2.05, 4.69) is 0 Å². The normalized spacial score (nSPS) is 23.8. The van der Waals surface area contributed by atoms with Gasteiger partial charge in [0.05, 0.1) is 6.10 Å². The summed E-state index contributed by atoms with van der Waals surface area (Å²) in [4.78, 5) is 0. The van der Waals surface area contributed by atoms with Crippen molar-refractivity contribution in [1.29, 1.82) is 0 Å². The molecule has 94 valence electrons. The Bertz CT molecular complexity index is 405. The highest BCUT2D eigenvalue weighted by atomic mass is 19.1. The summed E-state index contributed by atoms with van der Waals surface area (Å²) in [5.41, 5.74) is 7.61. The van der Waals surface area contributed by atoms with Crippen LogP contribution in [0.5, 0.6) is 0 Å². The van der Waals surface area contributed by atoms with E-state index in [0.29, 0.717) is 6.54 Å². The third-order valence-corrected chi connectivity index (χ3v) is 3.38. The molecule has 1 unspecified atom stereocenters. The highest BCUT2D eigenvalue weighted by molar-refractivity contribution is 5.36. The van der Waals surface area contributed by atoms with Gasteiger partial charge in [0, 0.05) is 6.54 Å². The Labute approximate surface area is 102 Å². The van der Waals surface area contributed by atoms with Gasteiger partial charge in [-0.15, -0.1) is 0 Å². The van der Waals surface area contributed by atoms with Crippen molar-refractivity contribution < 1.29 is 9.13 Å². The van der Waals surface area contributed by atoms with Gasteiger partial charge in [-0.2, -0.15) is 0 Å². The van der Waals surface area contributed by atoms with E-state index in [1.54, 1.807) is 6.07 Å². The van der Waals surface area contributed by atoms with Gasteiger partial charge in [0.2, 0.25) is 0 Å². The Morgan fingerprint density at radius 1 is 1.47 bits per heavy atom. The molecule has 0 aliphatic heterocycles. The zero-order valence-electron chi connectivity index (χ0n) is 10.5. The first kappa shape index (κ1) is 12.5. The van der Waals surface area contributed by atoms with Crippen LogP contribution in [0.2, 0.25) is 0 Å². The van der Waals surface area contributed by atoms with Gasteiger partial charge < -0.3 is 10.5 Å². The number of fused-ring (bicyclic) bond motifs is 1. The van der Waals surface area contributed by atoms with Crippen LogP contribution in [0.1, 0.15) is 37.8 Å². The average molecular weight is 237 g/mol. The number of nitrogens with two attached hydrogens (primary N) is 1. The second-order valence-electron chi connectivity index (χ2n) is 5.02. The highest BCUT2D eigenvalue weighted by Crippen LogP contribution is 2.38. The molecule has 0 radical (unpaired) electrons. The molecule has 1 atom stereocenters. The molecule has 1 aliphatic carbocycles. The predicted octanol–water partition coefficient (Wildman–Crippen LogP) is 2.74. The first-order chi connectivity index (χ1) is 8.07. The summed E-state index contributed by atoms with van der Waals surface area (Å²) >= 11 is 0. The molecule has 3 heteroatoms. The molecular formula is C14H20FNO. The van der Waals surface area contributed by atoms with Crippen LogP contribution < -0.4 is 5.73 Å². The average Bonchev–Trinajstić information content (AvgIpc) is 2.28. The number of aryl methyl sites for hydroxylation is 1. The number of rotatable bonds is 3. The maximum atomic E-state index is 13.2. The van der Waals surface area contributed by atoms with Gasteiger partial charge in [0.1, 0.15) is 11.4 Å². The van der Waals surface area contributed by atoms with E-state index in [1.807, 2.05) is 19.9 Å². The number of hydrogen-bond donors (Lipinski definition) is 1. The van der Waals surface area contributed by atoms with Crippen LogP contribution in [-0.4, -0.2) is 12.6 Å². The summed E-state index contributed by atoms with van der Waals surface area (Å²) in [5.74, 6) is -0.180. The van der Waals surface area contributed by atoms with E-state index in [-0.39, 0.29) is 11.9 Å². The van der Waals surface area contributed by atoms with Gasteiger partial charge in [0.25, 0.3) is 0 Å². The van der Waals surface area contributed by atoms with Gasteiger partial charge in [-0.05, 0) is 56.4 Å². The number of halogens is 1. The van der Waals surface area contributed by atoms with Crippen molar-refractivity contribution in [2.24, 2.45) is 5.73 Å². The minimum absolute atomic E-state index is 0.120. The van der Waals surface area contributed by atoms with Crippen molar-refractivity contribution in [1.82, 2.24) is 0 Å². The molecule has 0 bridgehead atoms. The summed E-state index contributed by atoms with van der Waals surface area (Å²) < 4.78 is 19.3. The van der Waals surface area contributed by atoms with Crippen LogP contribution in [0, 0.1) is 5.82 Å². The minimum atomic E-state index is -0.421. The van der Waals surface area contributed by atoms with Crippen molar-refractivity contribution in [2.75, 3.05) is 6.54 Å². The summed E-state index contributed by atoms with van der Waals surface area (Å²) in [5, 5.41) is 0. The third-order valence-electron chi connectivity index (χ3n) is 3.38. The van der Waals surface area contributed by atoms with Crippen molar-refractivity contribution in [3.63, 3.8) is 0 Å². The van der Waals surface area contributed by atoms with Crippen molar-refractivity contribution >= 4 is 0 Å². The summed E-state index contributed by atoms with van der Waals surface area (Å²) in [6.07, 6.45) is 2.95. The molecule has 0 saturated carbocycles. The lowest BCUT2D eigenvalue weighted by atomic mass is 9.78. The topological polar surface area (TPSA) is 35.2 Å². The highest BCUT2D eigenvalue weighted by Gasteiger charge is 2.37. The Balaban J connectivity index is 2.44. The molecule has 0 heterocycles. The van der Waals surface area contributed by atoms with Crippen LogP contribution in [0.3, 0.4) is 0 Å². The minimum Gasteiger partial charge on any atom is -0.366 e. The summed E-state index contributed by atoms with van der Waals surface area (Å²) in [6, 6.07) is 4.94. The van der Waals surface area contributed by atoms with Crippen LogP contribution in [0.25, 0.3) is 0 Å². The first-order valence-corrected chi connectivity index (χ1v) is 6.24. The maximum absolute atomic E-state index is 13.2. The van der Waals surface area contributed by atoms with E-state index in [1.165, 1.54) is 6.07 Å². The lowest BCUT2D eigenvalue weighted by molar-refractivity contribution is -0.0896. The van der Waals surface area contributed by atoms with E-state index < -0.39 is 5.60 Å². The van der Waals surface area contributed by atoms with Crippen LogP contribution in [0.4, 0.5) is 4.39 Å². The monoisotopic (exact) mass is 237 g/mol. The quantitative estimate of drug-likeness (QED) is 0.877. The molecule has 0 spiro atoms. The molecule has 17 heavy (non-hydrogen) atoms. The number of ether oxygens (including phenoxy) is 1. The molecule has 0 amide bonds. The van der Waals surface area contributed by atoms with Crippen LogP contribution in [0.15, 0.2) is 18.2 Å². The predicted molar refractivity (Wildman–Crippen MR) is 66.3 cm³/mol. The molecule has 2 rings (SSSR count). The number of hydrogen-bond acceptors (Lipinski definition) is 2. The van der Waals surface area contributed by atoms with E-state index in [0.717, 1.165) is 30.4 Å². The van der Waals surface area contributed by atoms with Crippen molar-refractivity contribution in [2.45, 2.75) is 44.8 Å². The molecule has 0 aromatic heterocycles. The Hall–Kier alpha value is -0.930.